The summed E-state index contributed by atoms with van der Waals surface area (Å²) < 4.78 is 12.1. The minimum absolute atomic E-state index is 0.244. The Balaban J connectivity index is 1.78. The van der Waals surface area contributed by atoms with E-state index in [1.807, 2.05) is 0 Å². The Kier molecular flexibility index (Phi) is 6.32. The van der Waals surface area contributed by atoms with Crippen molar-refractivity contribution in [2.24, 2.45) is 0 Å². The second-order valence-electron chi connectivity index (χ2n) is 5.52. The number of tetrazole rings is 1. The molecule has 0 radical (unpaired) electrons. The Morgan fingerprint density at radius 2 is 2.07 bits per heavy atom. The van der Waals surface area contributed by atoms with Crippen LogP contribution >= 0.6 is 23.4 Å². The number of carbonyl (C=O) groups is 1. The SMILES string of the molecule is COc1ccc(OC)c(-n2nnnc2SC(C)C(=O)Nc2ccc(Cl)cn2)c1. The second-order valence-corrected chi connectivity index (χ2v) is 7.27. The molecule has 1 atom stereocenters. The third-order valence-corrected chi connectivity index (χ3v) is 4.94. The summed E-state index contributed by atoms with van der Waals surface area (Å²) >= 11 is 7.00. The number of anilines is 1. The molecule has 3 rings (SSSR count). The van der Waals surface area contributed by atoms with Crippen molar-refractivity contribution in [3.63, 3.8) is 0 Å². The molecule has 3 aromatic rings. The van der Waals surface area contributed by atoms with Gasteiger partial charge in [0.2, 0.25) is 11.1 Å². The van der Waals surface area contributed by atoms with Gasteiger partial charge in [-0.05, 0) is 41.6 Å². The molecule has 28 heavy (non-hydrogen) atoms. The number of pyridine rings is 1. The van der Waals surface area contributed by atoms with Gasteiger partial charge >= 0.3 is 0 Å². The molecule has 2 aromatic heterocycles. The summed E-state index contributed by atoms with van der Waals surface area (Å²) in [6, 6.07) is 8.56. The van der Waals surface area contributed by atoms with Gasteiger partial charge in [-0.25, -0.2) is 4.98 Å². The number of nitrogens with one attached hydrogen (secondary N) is 1. The van der Waals surface area contributed by atoms with Gasteiger partial charge in [0.05, 0.1) is 24.5 Å². The van der Waals surface area contributed by atoms with Crippen molar-refractivity contribution in [1.82, 2.24) is 25.2 Å². The highest BCUT2D eigenvalue weighted by Crippen LogP contribution is 2.31. The Hall–Kier alpha value is -2.85. The van der Waals surface area contributed by atoms with Gasteiger partial charge < -0.3 is 14.8 Å². The van der Waals surface area contributed by atoms with Crippen molar-refractivity contribution >= 4 is 35.1 Å². The van der Waals surface area contributed by atoms with Crippen molar-refractivity contribution in [1.29, 1.82) is 0 Å². The number of ether oxygens (including phenoxy) is 2. The highest BCUT2D eigenvalue weighted by molar-refractivity contribution is 8.00. The lowest BCUT2D eigenvalue weighted by Crippen LogP contribution is -2.23. The highest BCUT2D eigenvalue weighted by atomic mass is 35.5. The molecule has 0 saturated heterocycles. The third kappa shape index (κ3) is 4.52. The number of thioether (sulfide) groups is 1. The standard InChI is InChI=1S/C17H17ClN6O3S/c1-10(16(25)20-15-7-4-11(18)9-19-15)28-17-21-22-23-24(17)13-8-12(26-2)5-6-14(13)27-3/h4-10H,1-3H3,(H,19,20,25). The van der Waals surface area contributed by atoms with E-state index in [-0.39, 0.29) is 5.91 Å². The number of benzene rings is 1. The summed E-state index contributed by atoms with van der Waals surface area (Å²) in [4.78, 5) is 16.5. The molecule has 0 aliphatic heterocycles. The van der Waals surface area contributed by atoms with Crippen molar-refractivity contribution < 1.29 is 14.3 Å². The van der Waals surface area contributed by atoms with Crippen molar-refractivity contribution in [3.8, 4) is 17.2 Å². The largest absolute Gasteiger partial charge is 0.497 e. The quantitative estimate of drug-likeness (QED) is 0.582. The second kappa shape index (κ2) is 8.89. The molecule has 146 valence electrons. The maximum Gasteiger partial charge on any atom is 0.238 e. The highest BCUT2D eigenvalue weighted by Gasteiger charge is 2.21. The van der Waals surface area contributed by atoms with Crippen LogP contribution in [0.15, 0.2) is 41.7 Å². The first kappa shape index (κ1) is 19.9. The first-order chi connectivity index (χ1) is 13.5. The van der Waals surface area contributed by atoms with Gasteiger partial charge in [-0.3, -0.25) is 4.79 Å². The Morgan fingerprint density at radius 1 is 1.25 bits per heavy atom. The van der Waals surface area contributed by atoms with Crippen molar-refractivity contribution in [3.05, 3.63) is 41.6 Å². The van der Waals surface area contributed by atoms with E-state index in [2.05, 4.69) is 25.8 Å². The molecule has 0 saturated carbocycles. The molecule has 9 nitrogen and oxygen atoms in total. The van der Waals surface area contributed by atoms with Crippen LogP contribution < -0.4 is 14.8 Å². The number of aromatic nitrogens is 5. The maximum atomic E-state index is 12.5. The van der Waals surface area contributed by atoms with Gasteiger partial charge in [-0.15, -0.1) is 5.10 Å². The smallest absolute Gasteiger partial charge is 0.238 e. The summed E-state index contributed by atoms with van der Waals surface area (Å²) in [7, 11) is 3.12. The predicted octanol–water partition coefficient (Wildman–Crippen LogP) is 2.85. The fourth-order valence-electron chi connectivity index (χ4n) is 2.26. The number of carbonyl (C=O) groups excluding carboxylic acids is 1. The lowest BCUT2D eigenvalue weighted by atomic mass is 10.3. The maximum absolute atomic E-state index is 12.5. The Morgan fingerprint density at radius 3 is 2.75 bits per heavy atom. The van der Waals surface area contributed by atoms with E-state index in [4.69, 9.17) is 21.1 Å². The molecule has 1 N–H and O–H groups in total. The first-order valence-corrected chi connectivity index (χ1v) is 9.37. The topological polar surface area (TPSA) is 104 Å². The summed E-state index contributed by atoms with van der Waals surface area (Å²) in [6.45, 7) is 1.75. The lowest BCUT2D eigenvalue weighted by Gasteiger charge is -2.13. The monoisotopic (exact) mass is 420 g/mol. The van der Waals surface area contributed by atoms with E-state index in [1.54, 1.807) is 51.5 Å². The van der Waals surface area contributed by atoms with Crippen LogP contribution in [0.25, 0.3) is 5.69 Å². The van der Waals surface area contributed by atoms with E-state index < -0.39 is 5.25 Å². The van der Waals surface area contributed by atoms with Crippen LogP contribution in [0.2, 0.25) is 5.02 Å². The van der Waals surface area contributed by atoms with Crippen LogP contribution in [-0.4, -0.2) is 50.6 Å². The minimum atomic E-state index is -0.487. The number of rotatable bonds is 7. The number of nitrogens with zero attached hydrogens (tertiary/aromatic N) is 5. The predicted molar refractivity (Wildman–Crippen MR) is 105 cm³/mol. The molecule has 0 aliphatic carbocycles. The lowest BCUT2D eigenvalue weighted by molar-refractivity contribution is -0.115. The van der Waals surface area contributed by atoms with Crippen LogP contribution in [0.1, 0.15) is 6.92 Å². The summed E-state index contributed by atoms with van der Waals surface area (Å²) in [5, 5.41) is 14.9. The zero-order chi connectivity index (χ0) is 20.1. The fraction of sp³-hybridized carbons (Fsp3) is 0.235. The van der Waals surface area contributed by atoms with E-state index in [0.717, 1.165) is 0 Å². The Bertz CT molecular complexity index is 966. The summed E-state index contributed by atoms with van der Waals surface area (Å²) in [6.07, 6.45) is 1.46. The molecule has 1 unspecified atom stereocenters. The fourth-order valence-corrected chi connectivity index (χ4v) is 3.17. The van der Waals surface area contributed by atoms with Gasteiger partial charge in [-0.1, -0.05) is 23.4 Å². The first-order valence-electron chi connectivity index (χ1n) is 8.11. The summed E-state index contributed by atoms with van der Waals surface area (Å²) in [5.41, 5.74) is 0.598. The van der Waals surface area contributed by atoms with E-state index in [9.17, 15) is 4.79 Å². The van der Waals surface area contributed by atoms with Crippen LogP contribution in [0.3, 0.4) is 0 Å². The molecule has 0 bridgehead atoms. The molecule has 1 aromatic carbocycles. The molecule has 2 heterocycles. The van der Waals surface area contributed by atoms with Gasteiger partial charge in [0, 0.05) is 12.3 Å². The number of halogens is 1. The number of methoxy groups -OCH3 is 2. The summed E-state index contributed by atoms with van der Waals surface area (Å²) in [5.74, 6) is 1.36. The Labute approximate surface area is 170 Å². The zero-order valence-electron chi connectivity index (χ0n) is 15.3. The van der Waals surface area contributed by atoms with Crippen molar-refractivity contribution in [2.45, 2.75) is 17.3 Å². The third-order valence-electron chi connectivity index (χ3n) is 3.69. The molecule has 0 aliphatic rings. The van der Waals surface area contributed by atoms with Gasteiger partial charge in [-0.2, -0.15) is 4.68 Å². The van der Waals surface area contributed by atoms with Gasteiger partial charge in [0.1, 0.15) is 23.0 Å². The van der Waals surface area contributed by atoms with Crippen LogP contribution in [-0.2, 0) is 4.79 Å². The molecular formula is C17H17ClN6O3S. The average molecular weight is 421 g/mol. The molecular weight excluding hydrogens is 404 g/mol. The number of amides is 1. The van der Waals surface area contributed by atoms with Gasteiger partial charge in [0.25, 0.3) is 0 Å². The molecule has 1 amide bonds. The zero-order valence-corrected chi connectivity index (χ0v) is 16.9. The van der Waals surface area contributed by atoms with E-state index >= 15 is 0 Å². The van der Waals surface area contributed by atoms with Crippen molar-refractivity contribution in [2.75, 3.05) is 19.5 Å². The molecule has 0 fully saturated rings. The van der Waals surface area contributed by atoms with E-state index in [0.29, 0.717) is 33.2 Å². The number of hydrogen-bond donors (Lipinski definition) is 1. The van der Waals surface area contributed by atoms with Crippen LogP contribution in [0, 0.1) is 0 Å². The minimum Gasteiger partial charge on any atom is -0.497 e. The molecule has 0 spiro atoms. The van der Waals surface area contributed by atoms with E-state index in [1.165, 1.54) is 22.6 Å². The average Bonchev–Trinajstić information content (AvgIpc) is 3.17. The van der Waals surface area contributed by atoms with Crippen LogP contribution in [0.5, 0.6) is 11.5 Å². The number of hydrogen-bond acceptors (Lipinski definition) is 8. The molecule has 11 heteroatoms. The van der Waals surface area contributed by atoms with Gasteiger partial charge in [0.15, 0.2) is 0 Å². The van der Waals surface area contributed by atoms with Crippen LogP contribution in [0.4, 0.5) is 5.82 Å². The normalized spacial score (nSPS) is 11.7.